The van der Waals surface area contributed by atoms with Crippen molar-refractivity contribution in [2.75, 3.05) is 0 Å². The molecule has 0 spiro atoms. The van der Waals surface area contributed by atoms with Gasteiger partial charge in [-0.15, -0.1) is 0 Å². The van der Waals surface area contributed by atoms with Gasteiger partial charge >= 0.3 is 11.9 Å². The quantitative estimate of drug-likeness (QED) is 0.628. The average molecular weight is 279 g/mol. The van der Waals surface area contributed by atoms with Crippen molar-refractivity contribution in [2.45, 2.75) is 44.2 Å². The minimum atomic E-state index is -4.37. The van der Waals surface area contributed by atoms with Crippen LogP contribution < -0.4 is 0 Å². The second kappa shape index (κ2) is 5.16. The molecule has 0 aliphatic carbocycles. The van der Waals surface area contributed by atoms with Crippen LogP contribution in [0, 0.1) is 10.1 Å². The van der Waals surface area contributed by atoms with Crippen molar-refractivity contribution in [3.63, 3.8) is 0 Å². The first-order chi connectivity index (χ1) is 8.86. The topological polar surface area (TPSA) is 70.2 Å². The Hall–Kier alpha value is -1.64. The lowest BCUT2D eigenvalue weighted by molar-refractivity contribution is -0.385. The van der Waals surface area contributed by atoms with Crippen LogP contribution in [0.25, 0.3) is 0 Å². The van der Waals surface area contributed by atoms with E-state index in [-0.39, 0.29) is 18.7 Å². The number of ether oxygens (including phenoxy) is 1. The Kier molecular flexibility index (Phi) is 3.74. The molecule has 1 saturated heterocycles. The van der Waals surface area contributed by atoms with Gasteiger partial charge < -0.3 is 4.74 Å². The summed E-state index contributed by atoms with van der Waals surface area (Å²) in [5.74, 6) is 0. The van der Waals surface area contributed by atoms with Crippen molar-refractivity contribution in [3.05, 3.63) is 22.5 Å². The monoisotopic (exact) mass is 279 g/mol. The van der Waals surface area contributed by atoms with Crippen molar-refractivity contribution >= 4 is 5.69 Å². The first-order valence-corrected chi connectivity index (χ1v) is 5.75. The third-order valence-electron chi connectivity index (χ3n) is 2.94. The fraction of sp³-hybridized carbons (Fsp3) is 0.700. The summed E-state index contributed by atoms with van der Waals surface area (Å²) in [6.07, 6.45) is -3.64. The molecule has 1 fully saturated rings. The highest BCUT2D eigenvalue weighted by molar-refractivity contribution is 5.20. The molecular weight excluding hydrogens is 267 g/mol. The summed E-state index contributed by atoms with van der Waals surface area (Å²) >= 11 is 0. The number of alkyl halides is 3. The zero-order chi connectivity index (χ0) is 14.0. The summed E-state index contributed by atoms with van der Waals surface area (Å²) in [5.41, 5.74) is -0.191. The van der Waals surface area contributed by atoms with Gasteiger partial charge in [0.1, 0.15) is 12.4 Å². The first kappa shape index (κ1) is 13.8. The van der Waals surface area contributed by atoms with Crippen molar-refractivity contribution in [1.29, 1.82) is 0 Å². The number of rotatable bonds is 3. The maximum absolute atomic E-state index is 12.5. The van der Waals surface area contributed by atoms with Gasteiger partial charge in [0, 0.05) is 0 Å². The second-order valence-corrected chi connectivity index (χ2v) is 4.40. The van der Waals surface area contributed by atoms with Crippen molar-refractivity contribution in [2.24, 2.45) is 0 Å². The van der Waals surface area contributed by atoms with E-state index in [1.807, 2.05) is 0 Å². The summed E-state index contributed by atoms with van der Waals surface area (Å²) in [6, 6.07) is 0. The van der Waals surface area contributed by atoms with E-state index in [1.54, 1.807) is 0 Å². The lowest BCUT2D eigenvalue weighted by Crippen LogP contribution is -2.40. The van der Waals surface area contributed by atoms with Gasteiger partial charge in [-0.05, 0) is 19.3 Å². The van der Waals surface area contributed by atoms with E-state index in [0.29, 0.717) is 12.8 Å². The fourth-order valence-corrected chi connectivity index (χ4v) is 2.03. The molecule has 1 aliphatic heterocycles. The predicted molar refractivity (Wildman–Crippen MR) is 57.4 cm³/mol. The van der Waals surface area contributed by atoms with Gasteiger partial charge in [-0.2, -0.15) is 18.3 Å². The molecule has 6 nitrogen and oxygen atoms in total. The molecule has 0 amide bonds. The highest BCUT2D eigenvalue weighted by atomic mass is 19.4. The molecule has 1 aliphatic rings. The molecule has 0 N–H and O–H groups in total. The highest BCUT2D eigenvalue weighted by Crippen LogP contribution is 2.32. The van der Waals surface area contributed by atoms with E-state index in [9.17, 15) is 23.3 Å². The molecule has 1 aromatic rings. The number of hydrogen-bond donors (Lipinski definition) is 0. The fourth-order valence-electron chi connectivity index (χ4n) is 2.03. The van der Waals surface area contributed by atoms with Crippen molar-refractivity contribution in [3.8, 4) is 0 Å². The molecule has 106 valence electrons. The lowest BCUT2D eigenvalue weighted by Gasteiger charge is -2.31. The number of nitrogens with zero attached hydrogens (tertiary/aromatic N) is 3. The summed E-state index contributed by atoms with van der Waals surface area (Å²) in [5, 5.41) is 14.2. The summed E-state index contributed by atoms with van der Waals surface area (Å²) in [7, 11) is 0. The van der Waals surface area contributed by atoms with Crippen LogP contribution >= 0.6 is 0 Å². The molecule has 2 heterocycles. The second-order valence-electron chi connectivity index (χ2n) is 4.40. The van der Waals surface area contributed by atoms with Gasteiger partial charge in [-0.1, -0.05) is 0 Å². The normalized spacial score (nSPS) is 24.4. The Balaban J connectivity index is 1.96. The Morgan fingerprint density at radius 2 is 2.26 bits per heavy atom. The van der Waals surface area contributed by atoms with Crippen LogP contribution in [0.2, 0.25) is 0 Å². The van der Waals surface area contributed by atoms with Crippen LogP contribution in [0.4, 0.5) is 18.9 Å². The summed E-state index contributed by atoms with van der Waals surface area (Å²) in [4.78, 5) is 9.85. The molecule has 19 heavy (non-hydrogen) atoms. The van der Waals surface area contributed by atoms with Crippen LogP contribution in [-0.4, -0.2) is 33.1 Å². The first-order valence-electron chi connectivity index (χ1n) is 5.75. The number of nitro groups is 1. The standard InChI is InChI=1S/C10H12F3N3O3/c11-10(12,13)9-3-1-2-8(19-9)6-15-5-7(4-14-15)16(17)18/h4-5,8-9H,1-3,6H2. The Labute approximate surface area is 106 Å². The van der Waals surface area contributed by atoms with Gasteiger partial charge in [0.25, 0.3) is 0 Å². The van der Waals surface area contributed by atoms with Crippen molar-refractivity contribution < 1.29 is 22.8 Å². The van der Waals surface area contributed by atoms with Crippen LogP contribution in [0.3, 0.4) is 0 Å². The molecule has 1 aromatic heterocycles. The molecular formula is C10H12F3N3O3. The molecule has 2 rings (SSSR count). The molecule has 0 aromatic carbocycles. The van der Waals surface area contributed by atoms with E-state index in [1.165, 1.54) is 10.9 Å². The largest absolute Gasteiger partial charge is 0.414 e. The molecule has 0 bridgehead atoms. The maximum atomic E-state index is 12.5. The Morgan fingerprint density at radius 1 is 1.53 bits per heavy atom. The number of halogens is 3. The van der Waals surface area contributed by atoms with Gasteiger partial charge in [-0.3, -0.25) is 14.8 Å². The van der Waals surface area contributed by atoms with E-state index in [2.05, 4.69) is 5.10 Å². The number of aromatic nitrogens is 2. The third kappa shape index (κ3) is 3.43. The number of hydrogen-bond acceptors (Lipinski definition) is 4. The van der Waals surface area contributed by atoms with Gasteiger partial charge in [0.2, 0.25) is 0 Å². The lowest BCUT2D eigenvalue weighted by atomic mass is 10.0. The predicted octanol–water partition coefficient (Wildman–Crippen LogP) is 2.29. The minimum Gasteiger partial charge on any atom is -0.364 e. The molecule has 9 heteroatoms. The minimum absolute atomic E-state index is 0.0424. The zero-order valence-electron chi connectivity index (χ0n) is 9.84. The van der Waals surface area contributed by atoms with Crippen LogP contribution in [0.1, 0.15) is 19.3 Å². The van der Waals surface area contributed by atoms with Crippen LogP contribution in [0.15, 0.2) is 12.4 Å². The molecule has 2 atom stereocenters. The van der Waals surface area contributed by atoms with Crippen LogP contribution in [-0.2, 0) is 11.3 Å². The van der Waals surface area contributed by atoms with E-state index in [4.69, 9.17) is 4.74 Å². The van der Waals surface area contributed by atoms with Gasteiger partial charge in [-0.25, -0.2) is 0 Å². The SMILES string of the molecule is O=[N+]([O-])c1cnn(CC2CCCC(C(F)(F)F)O2)c1. The Morgan fingerprint density at radius 3 is 2.84 bits per heavy atom. The van der Waals surface area contributed by atoms with Crippen LogP contribution in [0.5, 0.6) is 0 Å². The van der Waals surface area contributed by atoms with Gasteiger partial charge in [0.15, 0.2) is 6.10 Å². The Bertz CT molecular complexity index is 460. The smallest absolute Gasteiger partial charge is 0.364 e. The highest BCUT2D eigenvalue weighted by Gasteiger charge is 2.43. The van der Waals surface area contributed by atoms with E-state index in [0.717, 1.165) is 6.20 Å². The van der Waals surface area contributed by atoms with Gasteiger partial charge in [0.05, 0.1) is 17.6 Å². The zero-order valence-corrected chi connectivity index (χ0v) is 9.84. The average Bonchev–Trinajstić information content (AvgIpc) is 2.77. The maximum Gasteiger partial charge on any atom is 0.414 e. The van der Waals surface area contributed by atoms with E-state index < -0.39 is 23.3 Å². The molecule has 2 unspecified atom stereocenters. The van der Waals surface area contributed by atoms with E-state index >= 15 is 0 Å². The third-order valence-corrected chi connectivity index (χ3v) is 2.94. The molecule has 0 saturated carbocycles. The summed E-state index contributed by atoms with van der Waals surface area (Å²) in [6.45, 7) is 0.0837. The summed E-state index contributed by atoms with van der Waals surface area (Å²) < 4.78 is 43.8. The molecule has 0 radical (unpaired) electrons. The van der Waals surface area contributed by atoms with Crippen molar-refractivity contribution in [1.82, 2.24) is 9.78 Å².